The molecule has 2 aliphatic rings. The number of halogens is 1. The van der Waals surface area contributed by atoms with Gasteiger partial charge >= 0.3 is 0 Å². The predicted octanol–water partition coefficient (Wildman–Crippen LogP) is 2.31. The van der Waals surface area contributed by atoms with Crippen LogP contribution in [0.3, 0.4) is 0 Å². The summed E-state index contributed by atoms with van der Waals surface area (Å²) >= 11 is 8.53. The molecule has 0 spiro atoms. The Labute approximate surface area is 150 Å². The van der Waals surface area contributed by atoms with Crippen LogP contribution in [-0.4, -0.2) is 49.6 Å². The zero-order valence-electron chi connectivity index (χ0n) is 12.4. The fourth-order valence-corrected chi connectivity index (χ4v) is 5.37. The minimum absolute atomic E-state index is 0.0889. The lowest BCUT2D eigenvalue weighted by atomic mass is 10.1. The first-order valence-electron chi connectivity index (χ1n) is 7.44. The van der Waals surface area contributed by atoms with E-state index in [0.717, 1.165) is 29.4 Å². The quantitative estimate of drug-likeness (QED) is 0.399. The Balaban J connectivity index is 2.02. The average Bonchev–Trinajstić information content (AvgIpc) is 2.76. The van der Waals surface area contributed by atoms with Crippen molar-refractivity contribution in [2.45, 2.75) is 55.8 Å². The van der Waals surface area contributed by atoms with Crippen molar-refractivity contribution >= 4 is 58.8 Å². The molecule has 0 unspecified atom stereocenters. The highest BCUT2D eigenvalue weighted by molar-refractivity contribution is 14.1. The van der Waals surface area contributed by atoms with E-state index in [0.29, 0.717) is 5.37 Å². The SMILES string of the molecule is C[C@@H]1CS[C@@H]2CCC[C@H](NC(=O)[C@@H](S)[C@@H](C)CI)C(=O)N12. The molecule has 2 aliphatic heterocycles. The Morgan fingerprint density at radius 2 is 2.29 bits per heavy atom. The summed E-state index contributed by atoms with van der Waals surface area (Å²) in [7, 11) is 0. The molecule has 0 aromatic rings. The van der Waals surface area contributed by atoms with Crippen molar-refractivity contribution in [3.63, 3.8) is 0 Å². The topological polar surface area (TPSA) is 49.4 Å². The maximum atomic E-state index is 12.7. The van der Waals surface area contributed by atoms with E-state index in [2.05, 4.69) is 47.5 Å². The summed E-state index contributed by atoms with van der Waals surface area (Å²) < 4.78 is 0.875. The smallest absolute Gasteiger partial charge is 0.246 e. The van der Waals surface area contributed by atoms with Crippen LogP contribution in [0.4, 0.5) is 0 Å². The zero-order chi connectivity index (χ0) is 15.6. The van der Waals surface area contributed by atoms with Crippen molar-refractivity contribution < 1.29 is 9.59 Å². The molecule has 0 saturated carbocycles. The first-order chi connectivity index (χ1) is 9.95. The predicted molar refractivity (Wildman–Crippen MR) is 99.2 cm³/mol. The van der Waals surface area contributed by atoms with Crippen LogP contribution >= 0.6 is 47.0 Å². The molecule has 5 atom stereocenters. The van der Waals surface area contributed by atoms with Crippen LogP contribution in [0.1, 0.15) is 33.1 Å². The molecule has 2 heterocycles. The van der Waals surface area contributed by atoms with Gasteiger partial charge in [0.05, 0.1) is 10.6 Å². The third-order valence-corrected chi connectivity index (χ3v) is 7.83. The molecule has 2 amide bonds. The number of nitrogens with one attached hydrogen (secondary N) is 1. The highest BCUT2D eigenvalue weighted by Crippen LogP contribution is 2.35. The molecule has 0 aromatic heterocycles. The fourth-order valence-electron chi connectivity index (χ4n) is 2.81. The first-order valence-corrected chi connectivity index (χ1v) is 10.5. The Morgan fingerprint density at radius 3 is 2.95 bits per heavy atom. The Kier molecular flexibility index (Phi) is 6.55. The second-order valence-electron chi connectivity index (χ2n) is 5.95. The molecule has 21 heavy (non-hydrogen) atoms. The lowest BCUT2D eigenvalue weighted by Crippen LogP contribution is -2.52. The van der Waals surface area contributed by atoms with E-state index in [1.165, 1.54) is 0 Å². The van der Waals surface area contributed by atoms with Crippen LogP contribution in [0, 0.1) is 5.92 Å². The van der Waals surface area contributed by atoms with Gasteiger partial charge in [0.1, 0.15) is 6.04 Å². The summed E-state index contributed by atoms with van der Waals surface area (Å²) in [6.07, 6.45) is 2.75. The molecule has 2 fully saturated rings. The Hall–Kier alpha value is 0.370. The monoisotopic (exact) mass is 442 g/mol. The van der Waals surface area contributed by atoms with Gasteiger partial charge in [-0.15, -0.1) is 11.8 Å². The largest absolute Gasteiger partial charge is 0.343 e. The lowest BCUT2D eigenvalue weighted by Gasteiger charge is -2.29. The highest BCUT2D eigenvalue weighted by atomic mass is 127. The zero-order valence-corrected chi connectivity index (χ0v) is 16.3. The van der Waals surface area contributed by atoms with E-state index < -0.39 is 0 Å². The van der Waals surface area contributed by atoms with E-state index in [1.807, 2.05) is 23.6 Å². The second-order valence-corrected chi connectivity index (χ2v) is 8.60. The fraction of sp³-hybridized carbons (Fsp3) is 0.857. The molecule has 0 radical (unpaired) electrons. The molecule has 0 aromatic carbocycles. The summed E-state index contributed by atoms with van der Waals surface area (Å²) in [6.45, 7) is 4.10. The molecular formula is C14H23IN2O2S2. The molecule has 7 heteroatoms. The molecular weight excluding hydrogens is 419 g/mol. The molecule has 1 N–H and O–H groups in total. The summed E-state index contributed by atoms with van der Waals surface area (Å²) in [5.74, 6) is 1.17. The van der Waals surface area contributed by atoms with Crippen molar-refractivity contribution in [3.8, 4) is 0 Å². The van der Waals surface area contributed by atoms with Gasteiger partial charge < -0.3 is 10.2 Å². The van der Waals surface area contributed by atoms with Gasteiger partial charge in [0.25, 0.3) is 0 Å². The standard InChI is InChI=1S/C14H23IN2O2S2/c1-8(6-15)12(20)13(18)16-10-4-3-5-11-17(14(10)19)9(2)7-21-11/h8-12,20H,3-7H2,1-2H3,(H,16,18)/t8-,9+,10-,11+,12-/m0/s1. The first kappa shape index (κ1) is 17.7. The van der Waals surface area contributed by atoms with Crippen LogP contribution in [-0.2, 0) is 9.59 Å². The minimum atomic E-state index is -0.375. The number of hydrogen-bond acceptors (Lipinski definition) is 4. The lowest BCUT2D eigenvalue weighted by molar-refractivity contribution is -0.137. The van der Waals surface area contributed by atoms with Gasteiger partial charge in [0, 0.05) is 16.2 Å². The average molecular weight is 442 g/mol. The number of hydrogen-bond donors (Lipinski definition) is 2. The molecule has 2 saturated heterocycles. The normalized spacial score (nSPS) is 32.3. The van der Waals surface area contributed by atoms with E-state index in [1.54, 1.807) is 0 Å². The van der Waals surface area contributed by atoms with Crippen molar-refractivity contribution in [1.29, 1.82) is 0 Å². The van der Waals surface area contributed by atoms with Crippen LogP contribution in [0.25, 0.3) is 0 Å². The van der Waals surface area contributed by atoms with E-state index >= 15 is 0 Å². The Bertz CT molecular complexity index is 410. The van der Waals surface area contributed by atoms with Gasteiger partial charge in [-0.25, -0.2) is 0 Å². The van der Waals surface area contributed by atoms with Gasteiger partial charge in [-0.1, -0.05) is 29.5 Å². The summed E-state index contributed by atoms with van der Waals surface area (Å²) in [5, 5.41) is 2.89. The van der Waals surface area contributed by atoms with Crippen LogP contribution in [0.5, 0.6) is 0 Å². The molecule has 120 valence electrons. The maximum Gasteiger partial charge on any atom is 0.246 e. The van der Waals surface area contributed by atoms with Crippen molar-refractivity contribution in [2.75, 3.05) is 10.2 Å². The summed E-state index contributed by atoms with van der Waals surface area (Å²) in [5.41, 5.74) is 0. The number of thioether (sulfide) groups is 1. The number of carbonyl (C=O) groups is 2. The maximum absolute atomic E-state index is 12.7. The summed E-state index contributed by atoms with van der Waals surface area (Å²) in [6, 6.07) is -0.107. The molecule has 2 rings (SSSR count). The van der Waals surface area contributed by atoms with Crippen molar-refractivity contribution in [1.82, 2.24) is 10.2 Å². The second kappa shape index (κ2) is 7.77. The van der Waals surface area contributed by atoms with Gasteiger partial charge in [-0.2, -0.15) is 12.6 Å². The van der Waals surface area contributed by atoms with Crippen molar-refractivity contribution in [3.05, 3.63) is 0 Å². The van der Waals surface area contributed by atoms with E-state index in [9.17, 15) is 9.59 Å². The number of rotatable bonds is 4. The number of fused-ring (bicyclic) bond motifs is 1. The van der Waals surface area contributed by atoms with Crippen LogP contribution in [0.15, 0.2) is 0 Å². The number of nitrogens with zero attached hydrogens (tertiary/aromatic N) is 1. The highest BCUT2D eigenvalue weighted by Gasteiger charge is 2.40. The number of thiol groups is 1. The summed E-state index contributed by atoms with van der Waals surface area (Å²) in [4.78, 5) is 27.0. The van der Waals surface area contributed by atoms with Gasteiger partial charge in [-0.05, 0) is 32.1 Å². The number of carbonyl (C=O) groups excluding carboxylic acids is 2. The van der Waals surface area contributed by atoms with Crippen molar-refractivity contribution in [2.24, 2.45) is 5.92 Å². The number of amides is 2. The van der Waals surface area contributed by atoms with Crippen LogP contribution in [0.2, 0.25) is 0 Å². The Morgan fingerprint density at radius 1 is 1.57 bits per heavy atom. The molecule has 0 bridgehead atoms. The van der Waals surface area contributed by atoms with Gasteiger partial charge in [-0.3, -0.25) is 9.59 Å². The third kappa shape index (κ3) is 4.02. The van der Waals surface area contributed by atoms with E-state index in [-0.39, 0.29) is 35.1 Å². The van der Waals surface area contributed by atoms with Gasteiger partial charge in [0.15, 0.2) is 0 Å². The minimum Gasteiger partial charge on any atom is -0.343 e. The molecule has 4 nitrogen and oxygen atoms in total. The third-order valence-electron chi connectivity index (χ3n) is 4.18. The molecule has 0 aliphatic carbocycles. The number of alkyl halides is 1. The van der Waals surface area contributed by atoms with Crippen LogP contribution < -0.4 is 5.32 Å². The van der Waals surface area contributed by atoms with E-state index in [4.69, 9.17) is 0 Å². The van der Waals surface area contributed by atoms with Gasteiger partial charge in [0.2, 0.25) is 11.8 Å².